The number of aromatic carboxylic acids is 1. The van der Waals surface area contributed by atoms with Crippen molar-refractivity contribution < 1.29 is 14.6 Å². The monoisotopic (exact) mass is 306 g/mol. The zero-order chi connectivity index (χ0) is 15.4. The van der Waals surface area contributed by atoms with Crippen molar-refractivity contribution in [3.8, 4) is 5.75 Å². The quantitative estimate of drug-likeness (QED) is 0.886. The number of aromatic nitrogens is 1. The fourth-order valence-corrected chi connectivity index (χ4v) is 2.19. The van der Waals surface area contributed by atoms with Gasteiger partial charge in [-0.25, -0.2) is 4.79 Å². The molecule has 0 saturated heterocycles. The number of pyridine rings is 1. The van der Waals surface area contributed by atoms with Crippen LogP contribution in [-0.4, -0.2) is 23.2 Å². The molecule has 0 aliphatic rings. The Morgan fingerprint density at radius 1 is 1.48 bits per heavy atom. The van der Waals surface area contributed by atoms with E-state index in [0.29, 0.717) is 23.0 Å². The molecule has 2 rings (SSSR count). The van der Waals surface area contributed by atoms with Crippen LogP contribution in [0.1, 0.15) is 21.6 Å². The number of aryl methyl sites for hydroxylation is 1. The number of benzene rings is 1. The first-order valence-corrected chi connectivity index (χ1v) is 6.66. The molecular weight excluding hydrogens is 292 g/mol. The molecular formula is C15H15ClN2O3. The van der Waals surface area contributed by atoms with Crippen molar-refractivity contribution in [1.29, 1.82) is 0 Å². The van der Waals surface area contributed by atoms with Gasteiger partial charge in [0, 0.05) is 29.0 Å². The van der Waals surface area contributed by atoms with E-state index in [4.69, 9.17) is 16.3 Å². The second-order valence-electron chi connectivity index (χ2n) is 4.45. The lowest BCUT2D eigenvalue weighted by atomic mass is 10.1. The Bertz CT molecular complexity index is 674. The molecule has 0 aliphatic carbocycles. The summed E-state index contributed by atoms with van der Waals surface area (Å²) in [6, 6.07) is 7.05. The number of nitrogens with one attached hydrogen (secondary N) is 1. The van der Waals surface area contributed by atoms with Crippen molar-refractivity contribution in [3.63, 3.8) is 0 Å². The average molecular weight is 307 g/mol. The zero-order valence-corrected chi connectivity index (χ0v) is 12.4. The van der Waals surface area contributed by atoms with Crippen LogP contribution in [-0.2, 0) is 6.54 Å². The predicted molar refractivity (Wildman–Crippen MR) is 81.3 cm³/mol. The third-order valence-electron chi connectivity index (χ3n) is 3.02. The van der Waals surface area contributed by atoms with Crippen LogP contribution in [0.25, 0.3) is 0 Å². The van der Waals surface area contributed by atoms with Crippen LogP contribution in [0.5, 0.6) is 5.75 Å². The average Bonchev–Trinajstić information content (AvgIpc) is 2.45. The van der Waals surface area contributed by atoms with Crippen LogP contribution in [0, 0.1) is 6.92 Å². The predicted octanol–water partition coefficient (Wildman–Crippen LogP) is 3.36. The summed E-state index contributed by atoms with van der Waals surface area (Å²) in [5.74, 6) is -0.381. The smallest absolute Gasteiger partial charge is 0.339 e. The summed E-state index contributed by atoms with van der Waals surface area (Å²) in [5.41, 5.74) is 2.12. The summed E-state index contributed by atoms with van der Waals surface area (Å²) < 4.78 is 5.26. The highest BCUT2D eigenvalue weighted by molar-refractivity contribution is 6.31. The molecule has 1 heterocycles. The highest BCUT2D eigenvalue weighted by Gasteiger charge is 2.13. The van der Waals surface area contributed by atoms with Gasteiger partial charge in [0.15, 0.2) is 0 Å². The number of carbonyl (C=O) groups is 1. The summed E-state index contributed by atoms with van der Waals surface area (Å²) >= 11 is 6.16. The number of halogens is 1. The number of hydrogen-bond acceptors (Lipinski definition) is 4. The number of methoxy groups -OCH3 is 1. The van der Waals surface area contributed by atoms with Gasteiger partial charge in [-0.1, -0.05) is 17.7 Å². The molecule has 0 radical (unpaired) electrons. The third kappa shape index (κ3) is 3.44. The lowest BCUT2D eigenvalue weighted by molar-refractivity contribution is 0.0697. The van der Waals surface area contributed by atoms with Crippen molar-refractivity contribution in [1.82, 2.24) is 4.98 Å². The highest BCUT2D eigenvalue weighted by atomic mass is 35.5. The molecule has 5 nitrogen and oxygen atoms in total. The Balaban J connectivity index is 2.28. The number of nitrogens with zero attached hydrogens (tertiary/aromatic N) is 1. The number of carboxylic acids is 1. The van der Waals surface area contributed by atoms with Gasteiger partial charge in [0.1, 0.15) is 11.3 Å². The van der Waals surface area contributed by atoms with Gasteiger partial charge in [-0.15, -0.1) is 0 Å². The van der Waals surface area contributed by atoms with Gasteiger partial charge >= 0.3 is 5.97 Å². The van der Waals surface area contributed by atoms with E-state index in [-0.39, 0.29) is 5.56 Å². The first-order valence-electron chi connectivity index (χ1n) is 6.28. The SMILES string of the molecule is COc1cccc(Cl)c1CNc1cc(C)ncc1C(=O)O. The Morgan fingerprint density at radius 2 is 2.24 bits per heavy atom. The minimum absolute atomic E-state index is 0.117. The molecule has 0 unspecified atom stereocenters. The number of carboxylic acid groups (broad SMARTS) is 1. The summed E-state index contributed by atoms with van der Waals surface area (Å²) in [6.07, 6.45) is 1.34. The second kappa shape index (κ2) is 6.45. The molecule has 0 atom stereocenters. The standard InChI is InChI=1S/C15H15ClN2O3/c1-9-6-13(11(8-17-9)15(19)20)18-7-10-12(16)4-3-5-14(10)21-2/h3-6,8H,7H2,1-2H3,(H,17,18)(H,19,20). The molecule has 0 amide bonds. The van der Waals surface area contributed by atoms with Crippen molar-refractivity contribution in [2.45, 2.75) is 13.5 Å². The fraction of sp³-hybridized carbons (Fsp3) is 0.200. The Kier molecular flexibility index (Phi) is 4.65. The lowest BCUT2D eigenvalue weighted by Crippen LogP contribution is -2.08. The molecule has 2 N–H and O–H groups in total. The van der Waals surface area contributed by atoms with Crippen LogP contribution in [0.15, 0.2) is 30.5 Å². The van der Waals surface area contributed by atoms with E-state index in [1.54, 1.807) is 38.3 Å². The van der Waals surface area contributed by atoms with Gasteiger partial charge in [0.05, 0.1) is 12.8 Å². The first kappa shape index (κ1) is 15.1. The maximum atomic E-state index is 11.2. The molecule has 2 aromatic rings. The number of rotatable bonds is 5. The van der Waals surface area contributed by atoms with Crippen LogP contribution in [0.4, 0.5) is 5.69 Å². The third-order valence-corrected chi connectivity index (χ3v) is 3.38. The highest BCUT2D eigenvalue weighted by Crippen LogP contribution is 2.27. The van der Waals surface area contributed by atoms with E-state index >= 15 is 0 Å². The summed E-state index contributed by atoms with van der Waals surface area (Å²) in [5, 5.41) is 12.8. The van der Waals surface area contributed by atoms with E-state index < -0.39 is 5.97 Å². The minimum atomic E-state index is -1.03. The van der Waals surface area contributed by atoms with Crippen LogP contribution >= 0.6 is 11.6 Å². The molecule has 0 saturated carbocycles. The van der Waals surface area contributed by atoms with E-state index in [1.165, 1.54) is 6.20 Å². The maximum absolute atomic E-state index is 11.2. The maximum Gasteiger partial charge on any atom is 0.339 e. The number of anilines is 1. The fourth-order valence-electron chi connectivity index (χ4n) is 1.96. The summed E-state index contributed by atoms with van der Waals surface area (Å²) in [6.45, 7) is 2.15. The zero-order valence-electron chi connectivity index (χ0n) is 11.7. The van der Waals surface area contributed by atoms with Crippen LogP contribution in [0.2, 0.25) is 5.02 Å². The topological polar surface area (TPSA) is 71.5 Å². The van der Waals surface area contributed by atoms with Gasteiger partial charge in [0.25, 0.3) is 0 Å². The number of ether oxygens (including phenoxy) is 1. The molecule has 0 bridgehead atoms. The Hall–Kier alpha value is -2.27. The molecule has 21 heavy (non-hydrogen) atoms. The molecule has 1 aromatic carbocycles. The van der Waals surface area contributed by atoms with Crippen LogP contribution < -0.4 is 10.1 Å². The molecule has 0 fully saturated rings. The van der Waals surface area contributed by atoms with Crippen molar-refractivity contribution in [2.24, 2.45) is 0 Å². The summed E-state index contributed by atoms with van der Waals surface area (Å²) in [4.78, 5) is 15.2. The van der Waals surface area contributed by atoms with Gasteiger partial charge < -0.3 is 15.2 Å². The van der Waals surface area contributed by atoms with Crippen molar-refractivity contribution >= 4 is 23.3 Å². The Labute approximate surface area is 127 Å². The first-order chi connectivity index (χ1) is 10.0. The molecule has 0 aliphatic heterocycles. The van der Waals surface area contributed by atoms with E-state index in [9.17, 15) is 9.90 Å². The second-order valence-corrected chi connectivity index (χ2v) is 4.86. The van der Waals surface area contributed by atoms with Gasteiger partial charge in [-0.3, -0.25) is 4.98 Å². The van der Waals surface area contributed by atoms with E-state index in [1.807, 2.05) is 0 Å². The number of hydrogen-bond donors (Lipinski definition) is 2. The van der Waals surface area contributed by atoms with E-state index in [0.717, 1.165) is 11.3 Å². The minimum Gasteiger partial charge on any atom is -0.496 e. The normalized spacial score (nSPS) is 10.2. The van der Waals surface area contributed by atoms with Gasteiger partial charge in [0.2, 0.25) is 0 Å². The lowest BCUT2D eigenvalue weighted by Gasteiger charge is -2.14. The van der Waals surface area contributed by atoms with Gasteiger partial charge in [-0.2, -0.15) is 0 Å². The largest absolute Gasteiger partial charge is 0.496 e. The molecule has 110 valence electrons. The molecule has 6 heteroatoms. The van der Waals surface area contributed by atoms with Crippen LogP contribution in [0.3, 0.4) is 0 Å². The summed E-state index contributed by atoms with van der Waals surface area (Å²) in [7, 11) is 1.56. The van der Waals surface area contributed by atoms with E-state index in [2.05, 4.69) is 10.3 Å². The molecule has 0 spiro atoms. The van der Waals surface area contributed by atoms with Crippen molar-refractivity contribution in [3.05, 3.63) is 52.3 Å². The Morgan fingerprint density at radius 3 is 2.90 bits per heavy atom. The molecule has 1 aromatic heterocycles. The van der Waals surface area contributed by atoms with Gasteiger partial charge in [-0.05, 0) is 25.1 Å². The van der Waals surface area contributed by atoms with Crippen molar-refractivity contribution in [2.75, 3.05) is 12.4 Å².